The molecule has 0 unspecified atom stereocenters. The average molecular weight is 372 g/mol. The minimum atomic E-state index is -0.622. The SMILES string of the molecule is COC(=O)c1ccc2c(C(=O)c3ccccc3)c(O)n(C(=O)CCl)c2c1. The van der Waals surface area contributed by atoms with E-state index in [0.717, 1.165) is 4.57 Å². The van der Waals surface area contributed by atoms with Crippen molar-refractivity contribution in [3.05, 3.63) is 65.2 Å². The van der Waals surface area contributed by atoms with Gasteiger partial charge in [-0.15, -0.1) is 11.6 Å². The normalized spacial score (nSPS) is 10.7. The highest BCUT2D eigenvalue weighted by Crippen LogP contribution is 2.34. The number of aromatic hydroxyl groups is 1. The molecule has 0 saturated carbocycles. The van der Waals surface area contributed by atoms with E-state index < -0.39 is 29.4 Å². The summed E-state index contributed by atoms with van der Waals surface area (Å²) in [5.74, 6) is -2.59. The fraction of sp³-hybridized carbons (Fsp3) is 0.105. The second-order valence-corrected chi connectivity index (χ2v) is 5.75. The molecule has 1 aromatic heterocycles. The third kappa shape index (κ3) is 2.84. The molecule has 0 aliphatic heterocycles. The molecule has 0 spiro atoms. The van der Waals surface area contributed by atoms with E-state index in [2.05, 4.69) is 4.74 Å². The van der Waals surface area contributed by atoms with Gasteiger partial charge in [0.15, 0.2) is 5.78 Å². The van der Waals surface area contributed by atoms with Gasteiger partial charge in [0.1, 0.15) is 5.88 Å². The molecule has 132 valence electrons. The van der Waals surface area contributed by atoms with Crippen LogP contribution in [0.15, 0.2) is 48.5 Å². The zero-order chi connectivity index (χ0) is 18.8. The van der Waals surface area contributed by atoms with Crippen LogP contribution >= 0.6 is 11.6 Å². The van der Waals surface area contributed by atoms with Gasteiger partial charge in [-0.3, -0.25) is 9.59 Å². The Morgan fingerprint density at radius 3 is 2.38 bits per heavy atom. The monoisotopic (exact) mass is 371 g/mol. The molecule has 2 aromatic carbocycles. The first-order valence-corrected chi connectivity index (χ1v) is 8.17. The summed E-state index contributed by atoms with van der Waals surface area (Å²) in [5.41, 5.74) is 0.716. The lowest BCUT2D eigenvalue weighted by molar-refractivity contribution is 0.0600. The lowest BCUT2D eigenvalue weighted by Gasteiger charge is -2.04. The van der Waals surface area contributed by atoms with Gasteiger partial charge in [-0.1, -0.05) is 36.4 Å². The third-order valence-electron chi connectivity index (χ3n) is 3.99. The molecular formula is C19H14ClNO5. The van der Waals surface area contributed by atoms with Gasteiger partial charge in [0, 0.05) is 10.9 Å². The van der Waals surface area contributed by atoms with Gasteiger partial charge in [0.05, 0.1) is 23.8 Å². The quantitative estimate of drug-likeness (QED) is 0.432. The fourth-order valence-electron chi connectivity index (χ4n) is 2.79. The van der Waals surface area contributed by atoms with E-state index in [9.17, 15) is 19.5 Å². The van der Waals surface area contributed by atoms with Crippen LogP contribution < -0.4 is 0 Å². The number of carbonyl (C=O) groups excluding carboxylic acids is 3. The first kappa shape index (κ1) is 17.7. The van der Waals surface area contributed by atoms with Crippen molar-refractivity contribution in [2.75, 3.05) is 13.0 Å². The Hall–Kier alpha value is -3.12. The van der Waals surface area contributed by atoms with Gasteiger partial charge < -0.3 is 9.84 Å². The summed E-state index contributed by atoms with van der Waals surface area (Å²) in [4.78, 5) is 36.9. The molecule has 0 saturated heterocycles. The van der Waals surface area contributed by atoms with E-state index in [0.29, 0.717) is 10.9 Å². The van der Waals surface area contributed by atoms with Crippen LogP contribution in [0.25, 0.3) is 10.9 Å². The third-order valence-corrected chi connectivity index (χ3v) is 4.22. The number of nitrogens with zero attached hydrogens (tertiary/aromatic N) is 1. The van der Waals surface area contributed by atoms with Gasteiger partial charge in [-0.25, -0.2) is 9.36 Å². The van der Waals surface area contributed by atoms with E-state index in [1.54, 1.807) is 30.3 Å². The highest BCUT2D eigenvalue weighted by atomic mass is 35.5. The molecule has 1 heterocycles. The van der Waals surface area contributed by atoms with Gasteiger partial charge in [-0.2, -0.15) is 0 Å². The number of esters is 1. The van der Waals surface area contributed by atoms with Crippen molar-refractivity contribution in [3.8, 4) is 5.88 Å². The van der Waals surface area contributed by atoms with Crippen LogP contribution in [0.4, 0.5) is 0 Å². The van der Waals surface area contributed by atoms with Crippen molar-refractivity contribution in [2.45, 2.75) is 0 Å². The second-order valence-electron chi connectivity index (χ2n) is 5.48. The van der Waals surface area contributed by atoms with E-state index in [1.807, 2.05) is 0 Å². The van der Waals surface area contributed by atoms with Crippen molar-refractivity contribution < 1.29 is 24.2 Å². The van der Waals surface area contributed by atoms with Crippen molar-refractivity contribution >= 4 is 40.2 Å². The van der Waals surface area contributed by atoms with Crippen molar-refractivity contribution in [3.63, 3.8) is 0 Å². The van der Waals surface area contributed by atoms with Crippen LogP contribution in [0.1, 0.15) is 31.1 Å². The molecule has 0 bridgehead atoms. The van der Waals surface area contributed by atoms with Crippen LogP contribution in [0.2, 0.25) is 0 Å². The fourth-order valence-corrected chi connectivity index (χ4v) is 2.91. The number of methoxy groups -OCH3 is 1. The minimum Gasteiger partial charge on any atom is -0.494 e. The molecule has 0 aliphatic rings. The molecule has 0 amide bonds. The Kier molecular flexibility index (Phi) is 4.77. The summed E-state index contributed by atoms with van der Waals surface area (Å²) in [5, 5.41) is 10.9. The topological polar surface area (TPSA) is 85.6 Å². The van der Waals surface area contributed by atoms with Crippen molar-refractivity contribution in [1.29, 1.82) is 0 Å². The van der Waals surface area contributed by atoms with Gasteiger partial charge in [-0.05, 0) is 12.1 Å². The Bertz CT molecular complexity index is 1020. The molecule has 26 heavy (non-hydrogen) atoms. The number of ketones is 1. The summed E-state index contributed by atoms with van der Waals surface area (Å²) in [7, 11) is 1.23. The summed E-state index contributed by atoms with van der Waals surface area (Å²) in [6, 6.07) is 12.7. The molecule has 0 atom stereocenters. The van der Waals surface area contributed by atoms with E-state index in [1.165, 1.54) is 25.3 Å². The Balaban J connectivity index is 2.30. The molecule has 1 N–H and O–H groups in total. The van der Waals surface area contributed by atoms with Gasteiger partial charge in [0.2, 0.25) is 11.8 Å². The van der Waals surface area contributed by atoms with E-state index >= 15 is 0 Å². The predicted molar refractivity (Wildman–Crippen MR) is 96.2 cm³/mol. The predicted octanol–water partition coefficient (Wildman–Crippen LogP) is 3.24. The number of ether oxygens (including phenoxy) is 1. The Morgan fingerprint density at radius 1 is 1.08 bits per heavy atom. The molecular weight excluding hydrogens is 358 g/mol. The molecule has 0 fully saturated rings. The van der Waals surface area contributed by atoms with Crippen LogP contribution in [0.5, 0.6) is 5.88 Å². The first-order chi connectivity index (χ1) is 12.5. The number of carbonyl (C=O) groups is 3. The van der Waals surface area contributed by atoms with Crippen molar-refractivity contribution in [1.82, 2.24) is 4.57 Å². The molecule has 0 radical (unpaired) electrons. The number of hydrogen-bond donors (Lipinski definition) is 1. The maximum atomic E-state index is 12.9. The largest absolute Gasteiger partial charge is 0.494 e. The Labute approximate surface area is 153 Å². The lowest BCUT2D eigenvalue weighted by Crippen LogP contribution is -2.12. The van der Waals surface area contributed by atoms with Crippen molar-refractivity contribution in [2.24, 2.45) is 0 Å². The van der Waals surface area contributed by atoms with Gasteiger partial charge >= 0.3 is 5.97 Å². The first-order valence-electron chi connectivity index (χ1n) is 7.64. The highest BCUT2D eigenvalue weighted by molar-refractivity contribution is 6.29. The molecule has 7 heteroatoms. The van der Waals surface area contributed by atoms with Crippen LogP contribution in [-0.2, 0) is 4.74 Å². The van der Waals surface area contributed by atoms with Crippen LogP contribution in [0.3, 0.4) is 0 Å². The number of benzene rings is 2. The number of alkyl halides is 1. The molecule has 6 nitrogen and oxygen atoms in total. The zero-order valence-corrected chi connectivity index (χ0v) is 14.5. The number of halogens is 1. The lowest BCUT2D eigenvalue weighted by atomic mass is 10.0. The minimum absolute atomic E-state index is 0.0268. The zero-order valence-electron chi connectivity index (χ0n) is 13.7. The molecule has 3 aromatic rings. The summed E-state index contributed by atoms with van der Waals surface area (Å²) < 4.78 is 5.61. The van der Waals surface area contributed by atoms with Crippen LogP contribution in [-0.4, -0.2) is 40.3 Å². The van der Waals surface area contributed by atoms with E-state index in [-0.39, 0.29) is 16.6 Å². The highest BCUT2D eigenvalue weighted by Gasteiger charge is 2.26. The summed E-state index contributed by atoms with van der Waals surface area (Å²) in [6.07, 6.45) is 0. The average Bonchev–Trinajstić information content (AvgIpc) is 2.97. The van der Waals surface area contributed by atoms with Gasteiger partial charge in [0.25, 0.3) is 0 Å². The molecule has 3 rings (SSSR count). The van der Waals surface area contributed by atoms with Crippen LogP contribution in [0, 0.1) is 0 Å². The maximum Gasteiger partial charge on any atom is 0.337 e. The number of aromatic nitrogens is 1. The summed E-state index contributed by atoms with van der Waals surface area (Å²) >= 11 is 5.64. The number of rotatable bonds is 4. The summed E-state index contributed by atoms with van der Waals surface area (Å²) in [6.45, 7) is 0. The number of hydrogen-bond acceptors (Lipinski definition) is 5. The molecule has 0 aliphatic carbocycles. The number of fused-ring (bicyclic) bond motifs is 1. The standard InChI is InChI=1S/C19H14ClNO5/c1-26-19(25)12-7-8-13-14(9-12)21(15(22)10-20)18(24)16(13)17(23)11-5-3-2-4-6-11/h2-9,24H,10H2,1H3. The smallest absolute Gasteiger partial charge is 0.337 e. The Morgan fingerprint density at radius 2 is 1.77 bits per heavy atom. The van der Waals surface area contributed by atoms with E-state index in [4.69, 9.17) is 11.6 Å². The maximum absolute atomic E-state index is 12.9. The second kappa shape index (κ2) is 7.01.